The number of ether oxygens (including phenoxy) is 1. The molecule has 2 N–H and O–H groups in total. The van der Waals surface area contributed by atoms with Crippen molar-refractivity contribution < 1.29 is 14.6 Å². The average molecular weight is 306 g/mol. The number of likely N-dealkylation sites (tertiary alicyclic amines) is 1. The van der Waals surface area contributed by atoms with Gasteiger partial charge in [0.2, 0.25) is 0 Å². The fourth-order valence-corrected chi connectivity index (χ4v) is 2.64. The maximum absolute atomic E-state index is 12.2. The second kappa shape index (κ2) is 7.49. The van der Waals surface area contributed by atoms with Crippen LogP contribution in [0.1, 0.15) is 25.8 Å². The predicted octanol–water partition coefficient (Wildman–Crippen LogP) is 2.17. The summed E-state index contributed by atoms with van der Waals surface area (Å²) in [7, 11) is 0. The molecule has 1 aromatic carbocycles. The van der Waals surface area contributed by atoms with Crippen LogP contribution in [-0.4, -0.2) is 47.9 Å². The van der Waals surface area contributed by atoms with Gasteiger partial charge in [-0.25, -0.2) is 4.79 Å². The SMILES string of the molecule is Cc1ccccc1OC[C@H](C)NC(=O)N1CC[C@H]([C@@H](C)O)C1. The zero-order chi connectivity index (χ0) is 16.1. The fourth-order valence-electron chi connectivity index (χ4n) is 2.64. The lowest BCUT2D eigenvalue weighted by Gasteiger charge is -2.22. The normalized spacial score (nSPS) is 20.5. The number of nitrogens with zero attached hydrogens (tertiary/aromatic N) is 1. The number of aryl methyl sites for hydroxylation is 1. The number of para-hydroxylation sites is 1. The maximum Gasteiger partial charge on any atom is 0.317 e. The highest BCUT2D eigenvalue weighted by atomic mass is 16.5. The van der Waals surface area contributed by atoms with Gasteiger partial charge >= 0.3 is 6.03 Å². The number of aliphatic hydroxyl groups is 1. The molecule has 1 aliphatic heterocycles. The van der Waals surface area contributed by atoms with Gasteiger partial charge in [-0.1, -0.05) is 18.2 Å². The molecule has 0 bridgehead atoms. The quantitative estimate of drug-likeness (QED) is 0.876. The molecule has 1 fully saturated rings. The van der Waals surface area contributed by atoms with Crippen LogP contribution in [0.2, 0.25) is 0 Å². The Bertz CT molecular complexity index is 504. The number of carbonyl (C=O) groups excluding carboxylic acids is 1. The van der Waals surface area contributed by atoms with E-state index in [1.54, 1.807) is 11.8 Å². The Morgan fingerprint density at radius 3 is 2.82 bits per heavy atom. The summed E-state index contributed by atoms with van der Waals surface area (Å²) < 4.78 is 5.75. The molecule has 0 aliphatic carbocycles. The molecule has 5 heteroatoms. The number of urea groups is 1. The molecule has 2 amide bonds. The first-order valence-electron chi connectivity index (χ1n) is 7.89. The summed E-state index contributed by atoms with van der Waals surface area (Å²) in [6.45, 7) is 7.47. The highest BCUT2D eigenvalue weighted by Crippen LogP contribution is 2.20. The topological polar surface area (TPSA) is 61.8 Å². The van der Waals surface area contributed by atoms with E-state index in [0.717, 1.165) is 17.7 Å². The molecule has 1 saturated heterocycles. The predicted molar refractivity (Wildman–Crippen MR) is 86.0 cm³/mol. The summed E-state index contributed by atoms with van der Waals surface area (Å²) in [4.78, 5) is 13.9. The Labute approximate surface area is 132 Å². The third-order valence-electron chi connectivity index (χ3n) is 4.15. The van der Waals surface area contributed by atoms with E-state index in [1.165, 1.54) is 0 Å². The van der Waals surface area contributed by atoms with Gasteiger partial charge in [-0.05, 0) is 38.8 Å². The number of amides is 2. The summed E-state index contributed by atoms with van der Waals surface area (Å²) in [5.74, 6) is 1.03. The van der Waals surface area contributed by atoms with Gasteiger partial charge in [0.15, 0.2) is 0 Å². The average Bonchev–Trinajstić information content (AvgIpc) is 2.96. The third-order valence-corrected chi connectivity index (χ3v) is 4.15. The first-order chi connectivity index (χ1) is 10.5. The molecule has 1 aliphatic rings. The van der Waals surface area contributed by atoms with Crippen molar-refractivity contribution in [1.29, 1.82) is 0 Å². The lowest BCUT2D eigenvalue weighted by Crippen LogP contribution is -2.45. The molecule has 0 saturated carbocycles. The lowest BCUT2D eigenvalue weighted by molar-refractivity contribution is 0.128. The van der Waals surface area contributed by atoms with Gasteiger partial charge in [0.05, 0.1) is 12.1 Å². The van der Waals surface area contributed by atoms with Crippen molar-refractivity contribution >= 4 is 6.03 Å². The van der Waals surface area contributed by atoms with Crippen LogP contribution in [0.4, 0.5) is 4.79 Å². The monoisotopic (exact) mass is 306 g/mol. The van der Waals surface area contributed by atoms with Crippen LogP contribution >= 0.6 is 0 Å². The summed E-state index contributed by atoms with van der Waals surface area (Å²) in [5, 5.41) is 12.5. The number of hydrogen-bond donors (Lipinski definition) is 2. The summed E-state index contributed by atoms with van der Waals surface area (Å²) in [5.41, 5.74) is 1.08. The van der Waals surface area contributed by atoms with E-state index in [-0.39, 0.29) is 24.1 Å². The van der Waals surface area contributed by atoms with E-state index in [0.29, 0.717) is 19.7 Å². The zero-order valence-corrected chi connectivity index (χ0v) is 13.6. The Kier molecular flexibility index (Phi) is 5.66. The number of aliphatic hydroxyl groups excluding tert-OH is 1. The second-order valence-corrected chi connectivity index (χ2v) is 6.16. The molecule has 5 nitrogen and oxygen atoms in total. The maximum atomic E-state index is 12.2. The third kappa shape index (κ3) is 4.37. The highest BCUT2D eigenvalue weighted by Gasteiger charge is 2.29. The van der Waals surface area contributed by atoms with Gasteiger partial charge in [-0.2, -0.15) is 0 Å². The molecule has 0 unspecified atom stereocenters. The smallest absolute Gasteiger partial charge is 0.317 e. The molecule has 122 valence electrons. The molecular weight excluding hydrogens is 280 g/mol. The number of carbonyl (C=O) groups is 1. The number of rotatable bonds is 5. The van der Waals surface area contributed by atoms with Crippen molar-refractivity contribution in [2.24, 2.45) is 5.92 Å². The Balaban J connectivity index is 1.76. The van der Waals surface area contributed by atoms with E-state index in [1.807, 2.05) is 38.1 Å². The highest BCUT2D eigenvalue weighted by molar-refractivity contribution is 5.74. The van der Waals surface area contributed by atoms with E-state index in [2.05, 4.69) is 5.32 Å². The van der Waals surface area contributed by atoms with Crippen LogP contribution in [0.15, 0.2) is 24.3 Å². The molecule has 2 rings (SSSR count). The first-order valence-corrected chi connectivity index (χ1v) is 7.89. The van der Waals surface area contributed by atoms with Crippen molar-refractivity contribution in [3.05, 3.63) is 29.8 Å². The molecule has 0 aromatic heterocycles. The Hall–Kier alpha value is -1.75. The summed E-state index contributed by atoms with van der Waals surface area (Å²) in [6.07, 6.45) is 0.499. The van der Waals surface area contributed by atoms with Gasteiger partial charge in [0, 0.05) is 19.0 Å². The number of hydrogen-bond acceptors (Lipinski definition) is 3. The van der Waals surface area contributed by atoms with Crippen molar-refractivity contribution in [1.82, 2.24) is 10.2 Å². The second-order valence-electron chi connectivity index (χ2n) is 6.16. The van der Waals surface area contributed by atoms with Crippen molar-refractivity contribution in [2.75, 3.05) is 19.7 Å². The molecule has 1 aromatic rings. The van der Waals surface area contributed by atoms with E-state index in [9.17, 15) is 9.90 Å². The van der Waals surface area contributed by atoms with Gasteiger partial charge in [-0.15, -0.1) is 0 Å². The van der Waals surface area contributed by atoms with Crippen LogP contribution in [-0.2, 0) is 0 Å². The summed E-state index contributed by atoms with van der Waals surface area (Å²) >= 11 is 0. The van der Waals surface area contributed by atoms with Crippen molar-refractivity contribution in [3.8, 4) is 5.75 Å². The van der Waals surface area contributed by atoms with Gasteiger partial charge < -0.3 is 20.1 Å². The van der Waals surface area contributed by atoms with Crippen LogP contribution in [0.5, 0.6) is 5.75 Å². The van der Waals surface area contributed by atoms with E-state index >= 15 is 0 Å². The zero-order valence-electron chi connectivity index (χ0n) is 13.6. The standard InChI is InChI=1S/C17H26N2O3/c1-12-6-4-5-7-16(12)22-11-13(2)18-17(21)19-9-8-15(10-19)14(3)20/h4-7,13-15,20H,8-11H2,1-3H3,(H,18,21)/t13-,14+,15-/m0/s1. The minimum atomic E-state index is -0.361. The van der Waals surface area contributed by atoms with Crippen molar-refractivity contribution in [2.45, 2.75) is 39.3 Å². The van der Waals surface area contributed by atoms with Crippen molar-refractivity contribution in [3.63, 3.8) is 0 Å². The molecule has 22 heavy (non-hydrogen) atoms. The van der Waals surface area contributed by atoms with Crippen LogP contribution in [0.3, 0.4) is 0 Å². The molecule has 0 spiro atoms. The van der Waals surface area contributed by atoms with E-state index in [4.69, 9.17) is 4.74 Å². The minimum absolute atomic E-state index is 0.0716. The molecule has 3 atom stereocenters. The molecule has 0 radical (unpaired) electrons. The summed E-state index contributed by atoms with van der Waals surface area (Å²) in [6, 6.07) is 7.68. The van der Waals surface area contributed by atoms with Crippen LogP contribution in [0.25, 0.3) is 0 Å². The van der Waals surface area contributed by atoms with Gasteiger partial charge in [-0.3, -0.25) is 0 Å². The fraction of sp³-hybridized carbons (Fsp3) is 0.588. The minimum Gasteiger partial charge on any atom is -0.491 e. The van der Waals surface area contributed by atoms with E-state index < -0.39 is 0 Å². The number of benzene rings is 1. The molecular formula is C17H26N2O3. The Morgan fingerprint density at radius 1 is 1.45 bits per heavy atom. The Morgan fingerprint density at radius 2 is 2.18 bits per heavy atom. The largest absolute Gasteiger partial charge is 0.491 e. The van der Waals surface area contributed by atoms with Crippen LogP contribution < -0.4 is 10.1 Å². The molecule has 1 heterocycles. The number of nitrogens with one attached hydrogen (secondary N) is 1. The van der Waals surface area contributed by atoms with Gasteiger partial charge in [0.1, 0.15) is 12.4 Å². The van der Waals surface area contributed by atoms with Crippen LogP contribution in [0, 0.1) is 12.8 Å². The lowest BCUT2D eigenvalue weighted by atomic mass is 10.0. The first kappa shape index (κ1) is 16.6. The van der Waals surface area contributed by atoms with Gasteiger partial charge in [0.25, 0.3) is 0 Å².